The molecule has 1 heterocycles. The van der Waals surface area contributed by atoms with Gasteiger partial charge in [0.1, 0.15) is 11.6 Å². The number of hydrogen-bond donors (Lipinski definition) is 2. The Labute approximate surface area is 165 Å². The second-order valence-electron chi connectivity index (χ2n) is 7.58. The second kappa shape index (κ2) is 9.06. The number of hydrogen-bond acceptors (Lipinski definition) is 5. The van der Waals surface area contributed by atoms with Crippen LogP contribution in [0.3, 0.4) is 0 Å². The number of rotatable bonds is 11. The lowest BCUT2D eigenvalue weighted by atomic mass is 9.98. The zero-order valence-electron chi connectivity index (χ0n) is 16.5. The van der Waals surface area contributed by atoms with Crippen molar-refractivity contribution in [2.45, 2.75) is 32.1 Å². The molecule has 28 heavy (non-hydrogen) atoms. The number of ether oxygens (including phenoxy) is 2. The van der Waals surface area contributed by atoms with Crippen molar-refractivity contribution in [3.63, 3.8) is 0 Å². The van der Waals surface area contributed by atoms with E-state index in [1.165, 1.54) is 5.56 Å². The molecule has 2 N–H and O–H groups in total. The summed E-state index contributed by atoms with van der Waals surface area (Å²) in [4.78, 5) is 15.5. The summed E-state index contributed by atoms with van der Waals surface area (Å²) in [5.41, 5.74) is 2.05. The molecule has 1 fully saturated rings. The molecule has 6 nitrogen and oxygen atoms in total. The second-order valence-corrected chi connectivity index (χ2v) is 7.58. The molecule has 150 valence electrons. The van der Waals surface area contributed by atoms with E-state index in [0.29, 0.717) is 19.1 Å². The quantitative estimate of drug-likeness (QED) is 0.575. The topological polar surface area (TPSA) is 80.7 Å². The van der Waals surface area contributed by atoms with Crippen molar-refractivity contribution in [1.82, 2.24) is 4.98 Å². The van der Waals surface area contributed by atoms with Gasteiger partial charge in [-0.3, -0.25) is 4.79 Å². The van der Waals surface area contributed by atoms with Gasteiger partial charge in [-0.1, -0.05) is 25.1 Å². The van der Waals surface area contributed by atoms with E-state index in [9.17, 15) is 4.79 Å². The van der Waals surface area contributed by atoms with Gasteiger partial charge in [0, 0.05) is 25.8 Å². The van der Waals surface area contributed by atoms with Crippen LogP contribution in [-0.2, 0) is 16.0 Å². The van der Waals surface area contributed by atoms with Crippen LogP contribution in [0, 0.1) is 5.41 Å². The summed E-state index contributed by atoms with van der Waals surface area (Å²) in [7, 11) is 1.68. The van der Waals surface area contributed by atoms with E-state index in [1.54, 1.807) is 7.11 Å². The van der Waals surface area contributed by atoms with Gasteiger partial charge in [-0.2, -0.15) is 0 Å². The SMILES string of the molecule is COCCNc1cccc(CCOc2ccc(C3CC3(C)CC(=O)O)cc2)n1. The van der Waals surface area contributed by atoms with E-state index in [-0.39, 0.29) is 11.8 Å². The fraction of sp³-hybridized carbons (Fsp3) is 0.455. The smallest absolute Gasteiger partial charge is 0.303 e. The molecule has 1 aliphatic carbocycles. The fourth-order valence-corrected chi connectivity index (χ4v) is 3.54. The third-order valence-electron chi connectivity index (χ3n) is 5.24. The largest absolute Gasteiger partial charge is 0.493 e. The average molecular weight is 384 g/mol. The summed E-state index contributed by atoms with van der Waals surface area (Å²) in [6, 6.07) is 13.9. The molecule has 1 saturated carbocycles. The Bertz CT molecular complexity index is 793. The summed E-state index contributed by atoms with van der Waals surface area (Å²) in [5, 5.41) is 12.2. The number of nitrogens with zero attached hydrogens (tertiary/aromatic N) is 1. The first kappa shape index (κ1) is 20.1. The van der Waals surface area contributed by atoms with E-state index >= 15 is 0 Å². The molecule has 1 aliphatic rings. The third kappa shape index (κ3) is 5.45. The Morgan fingerprint density at radius 2 is 2.04 bits per heavy atom. The normalized spacial score (nSPS) is 20.6. The van der Waals surface area contributed by atoms with Gasteiger partial charge in [-0.15, -0.1) is 0 Å². The average Bonchev–Trinajstić information content (AvgIpc) is 3.33. The lowest BCUT2D eigenvalue weighted by molar-refractivity contribution is -0.138. The van der Waals surface area contributed by atoms with Gasteiger partial charge < -0.3 is 19.9 Å². The molecule has 0 aliphatic heterocycles. The zero-order valence-corrected chi connectivity index (χ0v) is 16.5. The van der Waals surface area contributed by atoms with Crippen LogP contribution in [0.15, 0.2) is 42.5 Å². The number of pyridine rings is 1. The van der Waals surface area contributed by atoms with Crippen molar-refractivity contribution < 1.29 is 19.4 Å². The van der Waals surface area contributed by atoms with E-state index in [1.807, 2.05) is 49.4 Å². The standard InChI is InChI=1S/C22H28N2O4/c1-22(15-21(25)26)14-19(22)16-6-8-18(9-7-16)28-12-10-17-4-3-5-20(24-17)23-11-13-27-2/h3-9,19H,10-15H2,1-2H3,(H,23,24)(H,25,26). The highest BCUT2D eigenvalue weighted by Crippen LogP contribution is 2.61. The maximum atomic E-state index is 11.0. The van der Waals surface area contributed by atoms with Crippen molar-refractivity contribution in [2.75, 3.05) is 32.2 Å². The van der Waals surface area contributed by atoms with Crippen LogP contribution in [-0.4, -0.2) is 42.9 Å². The number of benzene rings is 1. The first-order valence-electron chi connectivity index (χ1n) is 9.63. The van der Waals surface area contributed by atoms with Gasteiger partial charge in [0.2, 0.25) is 0 Å². The van der Waals surface area contributed by atoms with Crippen LogP contribution in [0.25, 0.3) is 0 Å². The molecule has 0 bridgehead atoms. The predicted molar refractivity (Wildman–Crippen MR) is 108 cm³/mol. The third-order valence-corrected chi connectivity index (χ3v) is 5.24. The van der Waals surface area contributed by atoms with E-state index in [4.69, 9.17) is 14.6 Å². The van der Waals surface area contributed by atoms with Gasteiger partial charge in [0.05, 0.1) is 19.6 Å². The predicted octanol–water partition coefficient (Wildman–Crippen LogP) is 3.73. The summed E-state index contributed by atoms with van der Waals surface area (Å²) < 4.78 is 10.9. The molecule has 1 aromatic carbocycles. The first-order valence-corrected chi connectivity index (χ1v) is 9.63. The molecule has 2 aromatic rings. The molecule has 3 rings (SSSR count). The van der Waals surface area contributed by atoms with Gasteiger partial charge in [-0.25, -0.2) is 4.98 Å². The summed E-state index contributed by atoms with van der Waals surface area (Å²) in [5.74, 6) is 1.26. The minimum Gasteiger partial charge on any atom is -0.493 e. The number of aliphatic carboxylic acids is 1. The van der Waals surface area contributed by atoms with Crippen molar-refractivity contribution in [3.05, 3.63) is 53.7 Å². The highest BCUT2D eigenvalue weighted by molar-refractivity contribution is 5.68. The van der Waals surface area contributed by atoms with Crippen molar-refractivity contribution in [3.8, 4) is 5.75 Å². The fourth-order valence-electron chi connectivity index (χ4n) is 3.54. The molecule has 6 heteroatoms. The summed E-state index contributed by atoms with van der Waals surface area (Å²) in [6.07, 6.45) is 1.88. The number of anilines is 1. The molecule has 0 saturated heterocycles. The minimum atomic E-state index is -0.725. The van der Waals surface area contributed by atoms with Gasteiger partial charge in [0.25, 0.3) is 0 Å². The van der Waals surface area contributed by atoms with Crippen LogP contribution in [0.2, 0.25) is 0 Å². The minimum absolute atomic E-state index is 0.109. The first-order chi connectivity index (χ1) is 13.5. The molecular weight excluding hydrogens is 356 g/mol. The zero-order chi connectivity index (χ0) is 20.0. The van der Waals surface area contributed by atoms with Crippen LogP contribution < -0.4 is 10.1 Å². The van der Waals surface area contributed by atoms with Crippen molar-refractivity contribution in [1.29, 1.82) is 0 Å². The maximum Gasteiger partial charge on any atom is 0.303 e. The molecular formula is C22H28N2O4. The van der Waals surface area contributed by atoms with Gasteiger partial charge in [0.15, 0.2) is 0 Å². The summed E-state index contributed by atoms with van der Waals surface area (Å²) >= 11 is 0. The Morgan fingerprint density at radius 3 is 2.75 bits per heavy atom. The lowest BCUT2D eigenvalue weighted by Crippen LogP contribution is -2.10. The van der Waals surface area contributed by atoms with E-state index < -0.39 is 5.97 Å². The van der Waals surface area contributed by atoms with Crippen LogP contribution >= 0.6 is 0 Å². The monoisotopic (exact) mass is 384 g/mol. The van der Waals surface area contributed by atoms with Crippen LogP contribution in [0.1, 0.15) is 36.9 Å². The Hall–Kier alpha value is -2.60. The Balaban J connectivity index is 1.46. The maximum absolute atomic E-state index is 11.0. The van der Waals surface area contributed by atoms with Crippen LogP contribution in [0.4, 0.5) is 5.82 Å². The summed E-state index contributed by atoms with van der Waals surface area (Å²) in [6.45, 7) is 3.96. The van der Waals surface area contributed by atoms with E-state index in [0.717, 1.165) is 36.6 Å². The van der Waals surface area contributed by atoms with Gasteiger partial charge in [-0.05, 0) is 47.6 Å². The Kier molecular flexibility index (Phi) is 6.52. The van der Waals surface area contributed by atoms with Crippen molar-refractivity contribution in [2.24, 2.45) is 5.41 Å². The molecule has 1 aromatic heterocycles. The molecule has 0 spiro atoms. The highest BCUT2D eigenvalue weighted by Gasteiger charge is 2.51. The lowest BCUT2D eigenvalue weighted by Gasteiger charge is -2.10. The van der Waals surface area contributed by atoms with E-state index in [2.05, 4.69) is 10.3 Å². The molecule has 2 atom stereocenters. The molecule has 0 amide bonds. The highest BCUT2D eigenvalue weighted by atomic mass is 16.5. The number of aromatic nitrogens is 1. The molecule has 0 radical (unpaired) electrons. The Morgan fingerprint density at radius 1 is 1.25 bits per heavy atom. The van der Waals surface area contributed by atoms with Crippen molar-refractivity contribution >= 4 is 11.8 Å². The van der Waals surface area contributed by atoms with Gasteiger partial charge >= 0.3 is 5.97 Å². The number of nitrogens with one attached hydrogen (secondary N) is 1. The molecule has 2 unspecified atom stereocenters. The number of carbonyl (C=O) groups is 1. The van der Waals surface area contributed by atoms with Crippen LogP contribution in [0.5, 0.6) is 5.75 Å². The number of methoxy groups -OCH3 is 1. The number of carboxylic acid groups (broad SMARTS) is 1. The number of carboxylic acids is 1.